The highest BCUT2D eigenvalue weighted by molar-refractivity contribution is 7.84. The number of fused-ring (bicyclic) bond motifs is 1. The average molecular weight is 473 g/mol. The number of nitrogens with one attached hydrogen (secondary N) is 2. The van der Waals surface area contributed by atoms with Gasteiger partial charge in [-0.25, -0.2) is 32.7 Å². The fourth-order valence-electron chi connectivity index (χ4n) is 3.41. The van der Waals surface area contributed by atoms with Crippen molar-refractivity contribution in [2.75, 3.05) is 23.1 Å². The predicted octanol–water partition coefficient (Wildman–Crippen LogP) is 4.26. The average Bonchev–Trinajstić information content (AvgIpc) is 3.27. The molecule has 1 aromatic carbocycles. The topological polar surface area (TPSA) is 109 Å². The van der Waals surface area contributed by atoms with E-state index in [1.165, 1.54) is 18.5 Å². The summed E-state index contributed by atoms with van der Waals surface area (Å²) in [5.74, 6) is -0.312. The SMILES string of the molecule is CC(C)(C)OC(=O)Nc1ncnc2ccc(-c3cc(F)cc(NS(=O)N4CCCC4)c3)nc12. The number of anilines is 2. The van der Waals surface area contributed by atoms with E-state index in [0.717, 1.165) is 25.9 Å². The molecule has 174 valence electrons. The molecule has 1 saturated heterocycles. The number of hydrogen-bond acceptors (Lipinski definition) is 6. The Morgan fingerprint density at radius 3 is 2.64 bits per heavy atom. The number of benzene rings is 1. The van der Waals surface area contributed by atoms with E-state index >= 15 is 0 Å². The van der Waals surface area contributed by atoms with E-state index in [1.54, 1.807) is 39.0 Å². The molecule has 0 saturated carbocycles. The normalized spacial score (nSPS) is 15.4. The molecular formula is C22H25FN6O3S. The van der Waals surface area contributed by atoms with Gasteiger partial charge in [0, 0.05) is 18.7 Å². The Morgan fingerprint density at radius 2 is 1.91 bits per heavy atom. The molecule has 2 N–H and O–H groups in total. The first-order valence-electron chi connectivity index (χ1n) is 10.5. The zero-order valence-electron chi connectivity index (χ0n) is 18.6. The first-order chi connectivity index (χ1) is 15.7. The van der Waals surface area contributed by atoms with Crippen LogP contribution < -0.4 is 10.0 Å². The summed E-state index contributed by atoms with van der Waals surface area (Å²) >= 11 is -1.45. The molecule has 1 amide bonds. The van der Waals surface area contributed by atoms with Gasteiger partial charge in [-0.2, -0.15) is 0 Å². The van der Waals surface area contributed by atoms with Crippen LogP contribution in [0.4, 0.5) is 20.7 Å². The van der Waals surface area contributed by atoms with Crippen molar-refractivity contribution >= 4 is 39.8 Å². The third-order valence-electron chi connectivity index (χ3n) is 4.80. The maximum absolute atomic E-state index is 14.4. The molecule has 1 aliphatic heterocycles. The van der Waals surface area contributed by atoms with Crippen molar-refractivity contribution in [3.05, 3.63) is 42.5 Å². The van der Waals surface area contributed by atoms with Crippen molar-refractivity contribution in [3.63, 3.8) is 0 Å². The standard InChI is InChI=1S/C22H25FN6O3S/c1-22(2,3)32-21(30)27-20-19-18(24-13-25-20)7-6-17(26-19)14-10-15(23)12-16(11-14)28-33(31)29-8-4-5-9-29/h6-7,10-13,28H,4-5,8-9H2,1-3H3,(H,24,25,27,30). The number of ether oxygens (including phenoxy) is 1. The van der Waals surface area contributed by atoms with Gasteiger partial charge in [0.25, 0.3) is 0 Å². The van der Waals surface area contributed by atoms with Crippen LogP contribution >= 0.6 is 0 Å². The summed E-state index contributed by atoms with van der Waals surface area (Å²) in [6.45, 7) is 6.75. The summed E-state index contributed by atoms with van der Waals surface area (Å²) in [5.41, 5.74) is 1.47. The van der Waals surface area contributed by atoms with Crippen LogP contribution in [0.25, 0.3) is 22.3 Å². The molecule has 0 radical (unpaired) electrons. The van der Waals surface area contributed by atoms with Crippen LogP contribution in [0.3, 0.4) is 0 Å². The summed E-state index contributed by atoms with van der Waals surface area (Å²) in [7, 11) is 0. The number of pyridine rings is 1. The smallest absolute Gasteiger partial charge is 0.413 e. The van der Waals surface area contributed by atoms with Crippen LogP contribution in [0.5, 0.6) is 0 Å². The van der Waals surface area contributed by atoms with Gasteiger partial charge in [-0.3, -0.25) is 10.0 Å². The molecular weight excluding hydrogens is 447 g/mol. The first-order valence-corrected chi connectivity index (χ1v) is 11.6. The molecule has 1 fully saturated rings. The van der Waals surface area contributed by atoms with Gasteiger partial charge in [0.15, 0.2) is 17.0 Å². The summed E-state index contributed by atoms with van der Waals surface area (Å²) < 4.78 is 36.9. The Balaban J connectivity index is 1.63. The van der Waals surface area contributed by atoms with Crippen LogP contribution in [0, 0.1) is 5.82 Å². The Hall–Kier alpha value is -3.18. The third kappa shape index (κ3) is 5.79. The number of hydrogen-bond donors (Lipinski definition) is 2. The van der Waals surface area contributed by atoms with Crippen molar-refractivity contribution in [1.29, 1.82) is 0 Å². The van der Waals surface area contributed by atoms with Crippen LogP contribution in [-0.2, 0) is 15.9 Å². The summed E-state index contributed by atoms with van der Waals surface area (Å²) in [6.07, 6.45) is 2.62. The number of rotatable bonds is 5. The van der Waals surface area contributed by atoms with Crippen molar-refractivity contribution in [3.8, 4) is 11.3 Å². The van der Waals surface area contributed by atoms with E-state index in [0.29, 0.717) is 28.0 Å². The molecule has 0 spiro atoms. The van der Waals surface area contributed by atoms with Gasteiger partial charge >= 0.3 is 6.09 Å². The Kier molecular flexibility index (Phi) is 6.52. The van der Waals surface area contributed by atoms with Crippen molar-refractivity contribution in [2.45, 2.75) is 39.2 Å². The minimum Gasteiger partial charge on any atom is -0.444 e. The van der Waals surface area contributed by atoms with Crippen LogP contribution in [0.2, 0.25) is 0 Å². The Labute approximate surface area is 193 Å². The van der Waals surface area contributed by atoms with Crippen LogP contribution in [0.15, 0.2) is 36.7 Å². The summed E-state index contributed by atoms with van der Waals surface area (Å²) in [6, 6.07) is 7.71. The lowest BCUT2D eigenvalue weighted by atomic mass is 10.1. The Bertz CT molecular complexity index is 1210. The molecule has 2 aromatic heterocycles. The number of halogens is 1. The Morgan fingerprint density at radius 1 is 1.15 bits per heavy atom. The monoisotopic (exact) mass is 472 g/mol. The predicted molar refractivity (Wildman–Crippen MR) is 125 cm³/mol. The highest BCUT2D eigenvalue weighted by atomic mass is 32.2. The lowest BCUT2D eigenvalue weighted by Crippen LogP contribution is -2.27. The molecule has 1 atom stereocenters. The molecule has 0 bridgehead atoms. The fraction of sp³-hybridized carbons (Fsp3) is 0.364. The van der Waals surface area contributed by atoms with Gasteiger partial charge in [-0.05, 0) is 63.9 Å². The first kappa shape index (κ1) is 23.0. The van der Waals surface area contributed by atoms with Crippen LogP contribution in [0.1, 0.15) is 33.6 Å². The number of carbonyl (C=O) groups is 1. The van der Waals surface area contributed by atoms with Gasteiger partial charge in [-0.1, -0.05) is 0 Å². The van der Waals surface area contributed by atoms with E-state index in [1.807, 2.05) is 4.31 Å². The van der Waals surface area contributed by atoms with Gasteiger partial charge in [0.05, 0.1) is 16.9 Å². The van der Waals surface area contributed by atoms with E-state index < -0.39 is 28.7 Å². The van der Waals surface area contributed by atoms with E-state index in [9.17, 15) is 13.4 Å². The van der Waals surface area contributed by atoms with Gasteiger partial charge < -0.3 is 4.74 Å². The number of aromatic nitrogens is 3. The molecule has 1 aliphatic rings. The molecule has 1 unspecified atom stereocenters. The minimum atomic E-state index is -1.45. The van der Waals surface area contributed by atoms with Gasteiger partial charge in [0.1, 0.15) is 23.3 Å². The van der Waals surface area contributed by atoms with Gasteiger partial charge in [-0.15, -0.1) is 0 Å². The van der Waals surface area contributed by atoms with E-state index in [-0.39, 0.29) is 5.82 Å². The number of amides is 1. The molecule has 3 aromatic rings. The number of nitrogens with zero attached hydrogens (tertiary/aromatic N) is 4. The third-order valence-corrected chi connectivity index (χ3v) is 6.04. The second-order valence-electron chi connectivity index (χ2n) is 8.63. The molecule has 33 heavy (non-hydrogen) atoms. The van der Waals surface area contributed by atoms with E-state index in [4.69, 9.17) is 4.74 Å². The molecule has 9 nitrogen and oxygen atoms in total. The minimum absolute atomic E-state index is 0.181. The lowest BCUT2D eigenvalue weighted by Gasteiger charge is -2.19. The molecule has 3 heterocycles. The maximum atomic E-state index is 14.4. The fourth-order valence-corrected chi connectivity index (χ4v) is 4.45. The highest BCUT2D eigenvalue weighted by Gasteiger charge is 2.20. The number of carbonyl (C=O) groups excluding carboxylic acids is 1. The van der Waals surface area contributed by atoms with E-state index in [2.05, 4.69) is 25.0 Å². The second kappa shape index (κ2) is 9.36. The van der Waals surface area contributed by atoms with Crippen LogP contribution in [-0.4, -0.2) is 48.2 Å². The lowest BCUT2D eigenvalue weighted by molar-refractivity contribution is 0.0635. The van der Waals surface area contributed by atoms with Gasteiger partial charge in [0.2, 0.25) is 0 Å². The quantitative estimate of drug-likeness (QED) is 0.574. The van der Waals surface area contributed by atoms with Crippen molar-refractivity contribution < 1.29 is 18.1 Å². The molecule has 0 aliphatic carbocycles. The zero-order valence-corrected chi connectivity index (χ0v) is 19.4. The molecule has 4 rings (SSSR count). The zero-order chi connectivity index (χ0) is 23.6. The molecule has 11 heteroatoms. The highest BCUT2D eigenvalue weighted by Crippen LogP contribution is 2.27. The summed E-state index contributed by atoms with van der Waals surface area (Å²) in [4.78, 5) is 25.1. The van der Waals surface area contributed by atoms with Crippen molar-refractivity contribution in [2.24, 2.45) is 0 Å². The maximum Gasteiger partial charge on any atom is 0.413 e. The second-order valence-corrected chi connectivity index (χ2v) is 9.85. The largest absolute Gasteiger partial charge is 0.444 e. The summed E-state index contributed by atoms with van der Waals surface area (Å²) in [5, 5.41) is 2.59. The van der Waals surface area contributed by atoms with Crippen molar-refractivity contribution in [1.82, 2.24) is 19.3 Å².